The van der Waals surface area contributed by atoms with Crippen LogP contribution in [0.4, 0.5) is 4.79 Å². The monoisotopic (exact) mass is 343 g/mol. The van der Waals surface area contributed by atoms with Crippen molar-refractivity contribution in [2.75, 3.05) is 13.2 Å². The SMILES string of the molecule is N#Cc1cc2n(n1)CCN(C(=O)NCc1noc(C3CCCO3)n1)C2. The highest BCUT2D eigenvalue weighted by Gasteiger charge is 2.25. The third kappa shape index (κ3) is 3.18. The minimum atomic E-state index is -0.213. The molecule has 1 atom stereocenters. The summed E-state index contributed by atoms with van der Waals surface area (Å²) in [6.07, 6.45) is 1.73. The molecule has 1 fully saturated rings. The highest BCUT2D eigenvalue weighted by atomic mass is 16.5. The number of ether oxygens (including phenoxy) is 1. The van der Waals surface area contributed by atoms with Crippen LogP contribution >= 0.6 is 0 Å². The number of urea groups is 1. The van der Waals surface area contributed by atoms with Crippen molar-refractivity contribution in [1.29, 1.82) is 5.26 Å². The lowest BCUT2D eigenvalue weighted by atomic mass is 10.2. The molecule has 0 spiro atoms. The van der Waals surface area contributed by atoms with Crippen molar-refractivity contribution < 1.29 is 14.1 Å². The average Bonchev–Trinajstić information content (AvgIpc) is 3.38. The number of rotatable bonds is 3. The van der Waals surface area contributed by atoms with Gasteiger partial charge in [-0.2, -0.15) is 15.3 Å². The zero-order chi connectivity index (χ0) is 17.2. The van der Waals surface area contributed by atoms with Crippen LogP contribution in [-0.2, 0) is 24.4 Å². The van der Waals surface area contributed by atoms with E-state index in [-0.39, 0.29) is 18.7 Å². The Morgan fingerprint density at radius 2 is 2.40 bits per heavy atom. The van der Waals surface area contributed by atoms with Crippen molar-refractivity contribution in [2.45, 2.75) is 38.6 Å². The second-order valence-electron chi connectivity index (χ2n) is 5.99. The molecule has 2 aromatic rings. The van der Waals surface area contributed by atoms with Crippen molar-refractivity contribution >= 4 is 6.03 Å². The minimum absolute atomic E-state index is 0.131. The van der Waals surface area contributed by atoms with E-state index in [9.17, 15) is 4.79 Å². The molecule has 4 heterocycles. The van der Waals surface area contributed by atoms with Gasteiger partial charge >= 0.3 is 6.03 Å². The van der Waals surface area contributed by atoms with Crippen LogP contribution in [0.1, 0.15) is 42.0 Å². The second-order valence-corrected chi connectivity index (χ2v) is 5.99. The first kappa shape index (κ1) is 15.6. The number of carbonyl (C=O) groups is 1. The maximum absolute atomic E-state index is 12.3. The quantitative estimate of drug-likeness (QED) is 0.871. The van der Waals surface area contributed by atoms with Crippen LogP contribution < -0.4 is 5.32 Å². The Morgan fingerprint density at radius 3 is 3.20 bits per heavy atom. The molecule has 0 radical (unpaired) electrons. The summed E-state index contributed by atoms with van der Waals surface area (Å²) >= 11 is 0. The topological polar surface area (TPSA) is 122 Å². The number of hydrogen-bond acceptors (Lipinski definition) is 7. The highest BCUT2D eigenvalue weighted by Crippen LogP contribution is 2.26. The Labute approximate surface area is 143 Å². The standard InChI is InChI=1S/C15H17N7O3/c16-7-10-6-11-9-21(3-4-22(11)19-10)15(23)17-8-13-18-14(25-20-13)12-2-1-5-24-12/h6,12H,1-5,8-9H2,(H,17,23). The molecule has 2 aromatic heterocycles. The van der Waals surface area contributed by atoms with Gasteiger partial charge in [0.1, 0.15) is 12.2 Å². The van der Waals surface area contributed by atoms with Gasteiger partial charge in [-0.15, -0.1) is 0 Å². The summed E-state index contributed by atoms with van der Waals surface area (Å²) in [7, 11) is 0. The molecule has 0 bridgehead atoms. The van der Waals surface area contributed by atoms with Crippen molar-refractivity contribution in [3.8, 4) is 6.07 Å². The van der Waals surface area contributed by atoms with Crippen LogP contribution in [0.5, 0.6) is 0 Å². The van der Waals surface area contributed by atoms with Crippen LogP contribution in [0.2, 0.25) is 0 Å². The second kappa shape index (κ2) is 6.52. The molecule has 0 saturated carbocycles. The molecule has 25 heavy (non-hydrogen) atoms. The fourth-order valence-corrected chi connectivity index (χ4v) is 3.00. The first-order valence-electron chi connectivity index (χ1n) is 8.16. The van der Waals surface area contributed by atoms with Crippen LogP contribution in [0.25, 0.3) is 0 Å². The van der Waals surface area contributed by atoms with E-state index in [1.807, 2.05) is 6.07 Å². The maximum atomic E-state index is 12.3. The molecule has 1 N–H and O–H groups in total. The molecule has 1 saturated heterocycles. The number of nitrogens with zero attached hydrogens (tertiary/aromatic N) is 6. The van der Waals surface area contributed by atoms with E-state index in [0.717, 1.165) is 18.5 Å². The minimum Gasteiger partial charge on any atom is -0.368 e. The Morgan fingerprint density at radius 1 is 1.48 bits per heavy atom. The van der Waals surface area contributed by atoms with E-state index < -0.39 is 0 Å². The van der Waals surface area contributed by atoms with Crippen molar-refractivity contribution in [3.63, 3.8) is 0 Å². The number of fused-ring (bicyclic) bond motifs is 1. The van der Waals surface area contributed by atoms with Gasteiger partial charge in [0, 0.05) is 13.2 Å². The number of aromatic nitrogens is 4. The molecule has 1 unspecified atom stereocenters. The zero-order valence-corrected chi connectivity index (χ0v) is 13.5. The molecular weight excluding hydrogens is 326 g/mol. The van der Waals surface area contributed by atoms with Gasteiger partial charge in [-0.1, -0.05) is 5.16 Å². The lowest BCUT2D eigenvalue weighted by Gasteiger charge is -2.27. The predicted octanol–water partition coefficient (Wildman–Crippen LogP) is 0.715. The van der Waals surface area contributed by atoms with Crippen LogP contribution in [-0.4, -0.2) is 44.0 Å². The third-order valence-electron chi connectivity index (χ3n) is 4.29. The summed E-state index contributed by atoms with van der Waals surface area (Å²) in [5.41, 5.74) is 1.21. The van der Waals surface area contributed by atoms with Crippen molar-refractivity contribution in [2.24, 2.45) is 0 Å². The van der Waals surface area contributed by atoms with Gasteiger partial charge in [0.05, 0.1) is 25.3 Å². The summed E-state index contributed by atoms with van der Waals surface area (Å²) in [5, 5.41) is 19.7. The van der Waals surface area contributed by atoms with Crippen molar-refractivity contribution in [3.05, 3.63) is 29.2 Å². The summed E-state index contributed by atoms with van der Waals surface area (Å²) in [5.74, 6) is 0.889. The van der Waals surface area contributed by atoms with Crippen LogP contribution in [0, 0.1) is 11.3 Å². The van der Waals surface area contributed by atoms with E-state index >= 15 is 0 Å². The number of nitrogens with one attached hydrogen (secondary N) is 1. The Bertz CT molecular complexity index is 815. The molecule has 2 aliphatic heterocycles. The smallest absolute Gasteiger partial charge is 0.318 e. The first-order chi connectivity index (χ1) is 12.2. The largest absolute Gasteiger partial charge is 0.368 e. The lowest BCUT2D eigenvalue weighted by molar-refractivity contribution is 0.0835. The number of hydrogen-bond donors (Lipinski definition) is 1. The maximum Gasteiger partial charge on any atom is 0.318 e. The van der Waals surface area contributed by atoms with E-state index in [0.29, 0.717) is 43.7 Å². The highest BCUT2D eigenvalue weighted by molar-refractivity contribution is 5.74. The lowest BCUT2D eigenvalue weighted by Crippen LogP contribution is -2.44. The number of carbonyl (C=O) groups excluding carboxylic acids is 1. The predicted molar refractivity (Wildman–Crippen MR) is 81.8 cm³/mol. The van der Waals surface area contributed by atoms with E-state index in [1.54, 1.807) is 15.6 Å². The fourth-order valence-electron chi connectivity index (χ4n) is 3.00. The third-order valence-corrected chi connectivity index (χ3v) is 4.29. The van der Waals surface area contributed by atoms with Crippen LogP contribution in [0.3, 0.4) is 0 Å². The zero-order valence-electron chi connectivity index (χ0n) is 13.5. The van der Waals surface area contributed by atoms with E-state index in [4.69, 9.17) is 14.5 Å². The normalized spacial score (nSPS) is 19.5. The summed E-state index contributed by atoms with van der Waals surface area (Å²) in [6, 6.07) is 3.50. The van der Waals surface area contributed by atoms with Gasteiger partial charge in [-0.25, -0.2) is 4.79 Å². The molecule has 0 aromatic carbocycles. The van der Waals surface area contributed by atoms with Crippen molar-refractivity contribution in [1.82, 2.24) is 30.1 Å². The Balaban J connectivity index is 1.33. The number of nitriles is 1. The summed E-state index contributed by atoms with van der Waals surface area (Å²) < 4.78 is 12.4. The Kier molecular flexibility index (Phi) is 4.07. The summed E-state index contributed by atoms with van der Waals surface area (Å²) in [4.78, 5) is 18.3. The first-order valence-corrected chi connectivity index (χ1v) is 8.16. The van der Waals surface area contributed by atoms with E-state index in [1.165, 1.54) is 0 Å². The molecule has 4 rings (SSSR count). The summed E-state index contributed by atoms with van der Waals surface area (Å²) in [6.45, 7) is 2.40. The molecule has 130 valence electrons. The van der Waals surface area contributed by atoms with Gasteiger partial charge < -0.3 is 19.5 Å². The van der Waals surface area contributed by atoms with Gasteiger partial charge in [0.2, 0.25) is 0 Å². The van der Waals surface area contributed by atoms with Gasteiger partial charge in [0.25, 0.3) is 5.89 Å². The van der Waals surface area contributed by atoms with Crippen LogP contribution in [0.15, 0.2) is 10.6 Å². The molecule has 0 aliphatic carbocycles. The van der Waals surface area contributed by atoms with Gasteiger partial charge in [-0.05, 0) is 18.9 Å². The van der Waals surface area contributed by atoms with Gasteiger partial charge in [0.15, 0.2) is 11.5 Å². The van der Waals surface area contributed by atoms with E-state index in [2.05, 4.69) is 20.6 Å². The molecule has 2 aliphatic rings. The Hall–Kier alpha value is -2.93. The van der Waals surface area contributed by atoms with Gasteiger partial charge in [-0.3, -0.25) is 4.68 Å². The molecule has 2 amide bonds. The molecular formula is C15H17N7O3. The fraction of sp³-hybridized carbons (Fsp3) is 0.533. The molecule has 10 nitrogen and oxygen atoms in total. The molecule has 10 heteroatoms. The average molecular weight is 343 g/mol. The number of amides is 2.